The standard InChI is InChI=1S/C54H53N4O/c1-52(2,3)38-23-21-36(22-24-38)37-29-40(54(7,8)9)31-42(30-37)58-35-57(58,49-19-12-13-20-50(49)58)41-15-14-16-43(33-41)59-44-25-26-46-45-17-10-11-18-47(45)56(48(46)34-44)51-32-39(27-28-55-51)53(4,5)6/h10-35H,1-9H3/q+1/t57?,58-/m0/s1. The van der Waals surface area contributed by atoms with Gasteiger partial charge in [-0.1, -0.05) is 129 Å². The number of benzene rings is 6. The lowest BCUT2D eigenvalue weighted by Crippen LogP contribution is -2.46. The Morgan fingerprint density at radius 3 is 1.83 bits per heavy atom. The number of hydrogen-bond donors (Lipinski definition) is 0. The average molecular weight is 774 g/mol. The highest BCUT2D eigenvalue weighted by Crippen LogP contribution is 2.75. The Morgan fingerprint density at radius 1 is 0.475 bits per heavy atom. The number of quaternary nitrogens is 2. The Balaban J connectivity index is 1.05. The van der Waals surface area contributed by atoms with Gasteiger partial charge in [0.1, 0.15) is 17.3 Å². The van der Waals surface area contributed by atoms with Crippen molar-refractivity contribution in [3.63, 3.8) is 0 Å². The molecule has 1 unspecified atom stereocenters. The van der Waals surface area contributed by atoms with E-state index in [4.69, 9.17) is 9.72 Å². The van der Waals surface area contributed by atoms with Crippen LogP contribution in [-0.2, 0) is 16.2 Å². The van der Waals surface area contributed by atoms with Crippen molar-refractivity contribution in [1.29, 1.82) is 0 Å². The summed E-state index contributed by atoms with van der Waals surface area (Å²) >= 11 is 0. The molecule has 6 aromatic carbocycles. The maximum Gasteiger partial charge on any atom is 0.225 e. The van der Waals surface area contributed by atoms with Gasteiger partial charge in [-0.2, -0.15) is 9.18 Å². The van der Waals surface area contributed by atoms with Crippen LogP contribution in [0, 0.1) is 6.67 Å². The third-order valence-electron chi connectivity index (χ3n) is 12.6. The van der Waals surface area contributed by atoms with Crippen LogP contribution in [0.5, 0.6) is 11.5 Å². The van der Waals surface area contributed by atoms with E-state index in [1.807, 2.05) is 6.20 Å². The van der Waals surface area contributed by atoms with Gasteiger partial charge in [-0.3, -0.25) is 4.57 Å². The molecule has 2 aromatic heterocycles. The van der Waals surface area contributed by atoms with E-state index >= 15 is 0 Å². The summed E-state index contributed by atoms with van der Waals surface area (Å²) in [7, 11) is 0. The van der Waals surface area contributed by atoms with E-state index in [2.05, 4.69) is 219 Å². The third kappa shape index (κ3) is 5.78. The minimum Gasteiger partial charge on any atom is -0.457 e. The van der Waals surface area contributed by atoms with Crippen molar-refractivity contribution in [2.75, 3.05) is 0 Å². The average Bonchev–Trinajstić information content (AvgIpc) is 3.70. The molecule has 59 heavy (non-hydrogen) atoms. The monoisotopic (exact) mass is 773 g/mol. The summed E-state index contributed by atoms with van der Waals surface area (Å²) in [6.07, 6.45) is 1.93. The summed E-state index contributed by atoms with van der Waals surface area (Å²) in [5.41, 5.74) is 13.7. The molecule has 1 fully saturated rings. The summed E-state index contributed by atoms with van der Waals surface area (Å²) < 4.78 is 10.3. The SMILES string of the molecule is CC(C)(C)c1ccc(-c2cc(C(C)(C)C)cc([N@+]34[CH-][N+]3(c3cccc(Oc5ccc6c7ccccc7n(-c7cc(C(C)(C)C)ccn7)c6c5)c3)c3ccccc34)c2)cc1. The molecule has 0 radical (unpaired) electrons. The Hall–Kier alpha value is -6.01. The molecule has 0 saturated carbocycles. The normalized spacial score (nSPS) is 18.7. The summed E-state index contributed by atoms with van der Waals surface area (Å²) in [4.78, 5) is 4.89. The van der Waals surface area contributed by atoms with Crippen molar-refractivity contribution >= 4 is 44.6 Å². The molecule has 2 aliphatic heterocycles. The molecule has 2 aliphatic rings. The number of para-hydroxylation sites is 3. The second kappa shape index (κ2) is 12.7. The molecule has 2 atom stereocenters. The minimum absolute atomic E-state index is 0.0000384. The largest absolute Gasteiger partial charge is 0.457 e. The molecule has 0 spiro atoms. The Morgan fingerprint density at radius 2 is 1.12 bits per heavy atom. The fourth-order valence-corrected chi connectivity index (χ4v) is 9.19. The van der Waals surface area contributed by atoms with Crippen LogP contribution in [0.3, 0.4) is 0 Å². The quantitative estimate of drug-likeness (QED) is 0.0956. The lowest BCUT2D eigenvalue weighted by molar-refractivity contribution is 0.423. The third-order valence-corrected chi connectivity index (χ3v) is 12.6. The van der Waals surface area contributed by atoms with Gasteiger partial charge in [-0.25, -0.2) is 4.98 Å². The highest BCUT2D eigenvalue weighted by Gasteiger charge is 2.78. The number of rotatable bonds is 6. The van der Waals surface area contributed by atoms with Crippen LogP contribution in [0.15, 0.2) is 152 Å². The van der Waals surface area contributed by atoms with Gasteiger partial charge in [0.2, 0.25) is 11.4 Å². The highest BCUT2D eigenvalue weighted by molar-refractivity contribution is 6.09. The minimum atomic E-state index is -0.0312. The van der Waals surface area contributed by atoms with Gasteiger partial charge < -0.3 is 4.74 Å². The highest BCUT2D eigenvalue weighted by atomic mass is 16.5. The molecule has 0 N–H and O–H groups in total. The van der Waals surface area contributed by atoms with Crippen molar-refractivity contribution in [2.24, 2.45) is 0 Å². The molecule has 4 heterocycles. The van der Waals surface area contributed by atoms with Crippen molar-refractivity contribution in [3.05, 3.63) is 175 Å². The Labute approximate surface area is 348 Å². The summed E-state index contributed by atoms with van der Waals surface area (Å²) in [6, 6.07) is 53.3. The predicted molar refractivity (Wildman–Crippen MR) is 247 cm³/mol. The number of nitrogens with zero attached hydrogens (tertiary/aromatic N) is 4. The smallest absolute Gasteiger partial charge is 0.225 e. The zero-order chi connectivity index (χ0) is 41.1. The van der Waals surface area contributed by atoms with Crippen LogP contribution in [-0.4, -0.2) is 9.55 Å². The van der Waals surface area contributed by atoms with Crippen LogP contribution < -0.4 is 13.9 Å². The van der Waals surface area contributed by atoms with E-state index in [0.29, 0.717) is 9.18 Å². The van der Waals surface area contributed by atoms with Gasteiger partial charge in [0.25, 0.3) is 0 Å². The van der Waals surface area contributed by atoms with Crippen LogP contribution in [0.2, 0.25) is 0 Å². The number of pyridine rings is 1. The second-order valence-electron chi connectivity index (χ2n) is 19.6. The molecule has 8 aromatic rings. The topological polar surface area (TPSA) is 27.1 Å². The van der Waals surface area contributed by atoms with Crippen molar-refractivity contribution in [3.8, 4) is 28.4 Å². The van der Waals surface area contributed by atoms with Crippen molar-refractivity contribution in [1.82, 2.24) is 18.7 Å². The first-order chi connectivity index (χ1) is 28.1. The van der Waals surface area contributed by atoms with E-state index in [1.165, 1.54) is 55.7 Å². The maximum atomic E-state index is 6.81. The number of ether oxygens (including phenoxy) is 1. The molecule has 1 saturated heterocycles. The zero-order valence-corrected chi connectivity index (χ0v) is 35.7. The van der Waals surface area contributed by atoms with Gasteiger partial charge in [0, 0.05) is 59.4 Å². The molecule has 5 heteroatoms. The number of hydrogen-bond acceptors (Lipinski definition) is 2. The van der Waals surface area contributed by atoms with E-state index in [9.17, 15) is 0 Å². The van der Waals surface area contributed by atoms with E-state index in [-0.39, 0.29) is 16.2 Å². The number of fused-ring (bicyclic) bond motifs is 7. The molecule has 0 aliphatic carbocycles. The summed E-state index contributed by atoms with van der Waals surface area (Å²) in [5, 5.41) is 2.36. The fraction of sp³-hybridized carbons (Fsp3) is 0.222. The predicted octanol–water partition coefficient (Wildman–Crippen LogP) is 14.9. The Bertz CT molecular complexity index is 2950. The second-order valence-corrected chi connectivity index (χ2v) is 19.6. The van der Waals surface area contributed by atoms with E-state index < -0.39 is 0 Å². The van der Waals surface area contributed by atoms with Gasteiger partial charge in [0.15, 0.2) is 18.0 Å². The van der Waals surface area contributed by atoms with Gasteiger partial charge in [-0.05, 0) is 80.5 Å². The van der Waals surface area contributed by atoms with Crippen LogP contribution in [0.1, 0.15) is 79.0 Å². The van der Waals surface area contributed by atoms with Crippen molar-refractivity contribution in [2.45, 2.75) is 78.6 Å². The summed E-state index contributed by atoms with van der Waals surface area (Å²) in [6.45, 7) is 23.0. The first kappa shape index (κ1) is 37.3. The fourth-order valence-electron chi connectivity index (χ4n) is 9.19. The van der Waals surface area contributed by atoms with Gasteiger partial charge in [0.05, 0.1) is 11.0 Å². The van der Waals surface area contributed by atoms with Gasteiger partial charge in [-0.15, -0.1) is 0 Å². The maximum absolute atomic E-state index is 6.81. The Kier molecular flexibility index (Phi) is 8.05. The first-order valence-corrected chi connectivity index (χ1v) is 20.9. The van der Waals surface area contributed by atoms with Crippen LogP contribution in [0.4, 0.5) is 22.7 Å². The van der Waals surface area contributed by atoms with Crippen LogP contribution >= 0.6 is 0 Å². The molecule has 5 nitrogen and oxygen atoms in total. The molecule has 0 amide bonds. The van der Waals surface area contributed by atoms with E-state index in [1.54, 1.807) is 0 Å². The first-order valence-electron chi connectivity index (χ1n) is 20.9. The molecular weight excluding hydrogens is 721 g/mol. The number of aromatic nitrogens is 2. The van der Waals surface area contributed by atoms with Crippen LogP contribution in [0.25, 0.3) is 38.8 Å². The van der Waals surface area contributed by atoms with E-state index in [0.717, 1.165) is 34.0 Å². The lowest BCUT2D eigenvalue weighted by Gasteiger charge is -2.40. The zero-order valence-electron chi connectivity index (χ0n) is 35.7. The lowest BCUT2D eigenvalue weighted by atomic mass is 9.83. The summed E-state index contributed by atoms with van der Waals surface area (Å²) in [5.74, 6) is 2.49. The molecule has 10 rings (SSSR count). The molecule has 294 valence electrons. The molecule has 0 bridgehead atoms. The van der Waals surface area contributed by atoms with Gasteiger partial charge >= 0.3 is 0 Å². The van der Waals surface area contributed by atoms with Crippen molar-refractivity contribution < 1.29 is 4.74 Å². The molecular formula is C54H53N4O+.